The Kier molecular flexibility index (Phi) is 4.69. The number of carbonyl (C=O) groups excluding carboxylic acids is 1. The zero-order valence-corrected chi connectivity index (χ0v) is 15.4. The van der Waals surface area contributed by atoms with E-state index in [0.717, 1.165) is 15.7 Å². The minimum Gasteiger partial charge on any atom is -0.319 e. The molecule has 0 atom stereocenters. The number of carbonyl (C=O) groups is 1. The molecule has 3 rings (SSSR count). The number of benzene rings is 2. The fourth-order valence-electron chi connectivity index (χ4n) is 2.30. The summed E-state index contributed by atoms with van der Waals surface area (Å²) in [6.45, 7) is 3.73. The highest BCUT2D eigenvalue weighted by atomic mass is 79.9. The number of halogens is 2. The highest BCUT2D eigenvalue weighted by molar-refractivity contribution is 9.10. The standard InChI is InChI=1S/C17H14BrClN4O/c1-10-6-7-15(14(19)8-10)20-17(24)16-11(2)23(22-21-16)13-5-3-4-12(18)9-13/h3-9H,1-2H3,(H,20,24). The SMILES string of the molecule is Cc1ccc(NC(=O)c2nnn(-c3cccc(Br)c3)c2C)c(Cl)c1. The molecule has 7 heteroatoms. The van der Waals surface area contributed by atoms with Crippen LogP contribution in [0.2, 0.25) is 5.02 Å². The lowest BCUT2D eigenvalue weighted by Gasteiger charge is -2.07. The van der Waals surface area contributed by atoms with Crippen LogP contribution in [-0.2, 0) is 0 Å². The first-order chi connectivity index (χ1) is 11.5. The van der Waals surface area contributed by atoms with Crippen molar-refractivity contribution < 1.29 is 4.79 Å². The van der Waals surface area contributed by atoms with Crippen molar-refractivity contribution in [2.24, 2.45) is 0 Å². The summed E-state index contributed by atoms with van der Waals surface area (Å²) in [5, 5.41) is 11.3. The molecule has 3 aromatic rings. The van der Waals surface area contributed by atoms with Crippen LogP contribution in [0.1, 0.15) is 21.7 Å². The number of nitrogens with zero attached hydrogens (tertiary/aromatic N) is 3. The van der Waals surface area contributed by atoms with Gasteiger partial charge in [0.05, 0.1) is 22.1 Å². The van der Waals surface area contributed by atoms with E-state index in [1.165, 1.54) is 0 Å². The van der Waals surface area contributed by atoms with Crippen LogP contribution in [-0.4, -0.2) is 20.9 Å². The molecule has 5 nitrogen and oxygen atoms in total. The molecule has 0 aliphatic rings. The Morgan fingerprint density at radius 2 is 2.00 bits per heavy atom. The van der Waals surface area contributed by atoms with Crippen molar-refractivity contribution >= 4 is 39.1 Å². The van der Waals surface area contributed by atoms with Crippen LogP contribution >= 0.6 is 27.5 Å². The third kappa shape index (κ3) is 3.34. The van der Waals surface area contributed by atoms with E-state index in [9.17, 15) is 4.79 Å². The molecular weight excluding hydrogens is 392 g/mol. The van der Waals surface area contributed by atoms with Gasteiger partial charge >= 0.3 is 0 Å². The molecule has 1 heterocycles. The minimum atomic E-state index is -0.348. The maximum atomic E-state index is 12.5. The van der Waals surface area contributed by atoms with Gasteiger partial charge in [0.1, 0.15) is 0 Å². The van der Waals surface area contributed by atoms with Crippen molar-refractivity contribution in [3.63, 3.8) is 0 Å². The van der Waals surface area contributed by atoms with Gasteiger partial charge in [0.15, 0.2) is 5.69 Å². The zero-order chi connectivity index (χ0) is 17.3. The Labute approximate surface area is 152 Å². The van der Waals surface area contributed by atoms with Gasteiger partial charge in [-0.15, -0.1) is 5.10 Å². The summed E-state index contributed by atoms with van der Waals surface area (Å²) in [7, 11) is 0. The molecule has 0 aliphatic carbocycles. The van der Waals surface area contributed by atoms with E-state index in [2.05, 4.69) is 31.6 Å². The van der Waals surface area contributed by atoms with Crippen LogP contribution in [0, 0.1) is 13.8 Å². The normalized spacial score (nSPS) is 10.7. The number of aryl methyl sites for hydroxylation is 1. The van der Waals surface area contributed by atoms with Crippen LogP contribution in [0.4, 0.5) is 5.69 Å². The molecule has 1 N–H and O–H groups in total. The van der Waals surface area contributed by atoms with Gasteiger partial charge in [-0.1, -0.05) is 44.9 Å². The fourth-order valence-corrected chi connectivity index (χ4v) is 2.96. The quantitative estimate of drug-likeness (QED) is 0.695. The van der Waals surface area contributed by atoms with Crippen molar-refractivity contribution in [1.29, 1.82) is 0 Å². The molecule has 0 aliphatic heterocycles. The van der Waals surface area contributed by atoms with E-state index in [1.807, 2.05) is 37.3 Å². The van der Waals surface area contributed by atoms with E-state index in [0.29, 0.717) is 16.4 Å². The molecule has 1 aromatic heterocycles. The van der Waals surface area contributed by atoms with E-state index in [-0.39, 0.29) is 11.6 Å². The van der Waals surface area contributed by atoms with E-state index < -0.39 is 0 Å². The molecule has 0 saturated heterocycles. The van der Waals surface area contributed by atoms with Crippen molar-refractivity contribution in [3.05, 3.63) is 68.9 Å². The Bertz CT molecular complexity index is 923. The third-order valence-corrected chi connectivity index (χ3v) is 4.34. The second-order valence-electron chi connectivity index (χ2n) is 5.35. The van der Waals surface area contributed by atoms with Crippen molar-refractivity contribution in [2.75, 3.05) is 5.32 Å². The number of rotatable bonds is 3. The first-order valence-corrected chi connectivity index (χ1v) is 8.38. The van der Waals surface area contributed by atoms with Crippen LogP contribution in [0.5, 0.6) is 0 Å². The van der Waals surface area contributed by atoms with Gasteiger partial charge < -0.3 is 5.32 Å². The van der Waals surface area contributed by atoms with Gasteiger partial charge in [0.25, 0.3) is 5.91 Å². The van der Waals surface area contributed by atoms with Crippen LogP contribution in [0.15, 0.2) is 46.9 Å². The first kappa shape index (κ1) is 16.7. The van der Waals surface area contributed by atoms with Crippen molar-refractivity contribution in [1.82, 2.24) is 15.0 Å². The zero-order valence-electron chi connectivity index (χ0n) is 13.0. The molecule has 0 saturated carbocycles. The molecule has 2 aromatic carbocycles. The number of anilines is 1. The second kappa shape index (κ2) is 6.75. The Balaban J connectivity index is 1.89. The summed E-state index contributed by atoms with van der Waals surface area (Å²) in [4.78, 5) is 12.5. The molecule has 0 spiro atoms. The molecule has 0 bridgehead atoms. The minimum absolute atomic E-state index is 0.256. The lowest BCUT2D eigenvalue weighted by Crippen LogP contribution is -2.14. The second-order valence-corrected chi connectivity index (χ2v) is 6.68. The monoisotopic (exact) mass is 404 g/mol. The van der Waals surface area contributed by atoms with Crippen LogP contribution < -0.4 is 5.32 Å². The van der Waals surface area contributed by atoms with Gasteiger partial charge in [0, 0.05) is 4.47 Å². The maximum absolute atomic E-state index is 12.5. The number of hydrogen-bond donors (Lipinski definition) is 1. The molecule has 1 amide bonds. The maximum Gasteiger partial charge on any atom is 0.278 e. The topological polar surface area (TPSA) is 59.8 Å². The lowest BCUT2D eigenvalue weighted by atomic mass is 10.2. The summed E-state index contributed by atoms with van der Waals surface area (Å²) >= 11 is 9.58. The van der Waals surface area contributed by atoms with Crippen molar-refractivity contribution in [2.45, 2.75) is 13.8 Å². The molecule has 122 valence electrons. The molecule has 24 heavy (non-hydrogen) atoms. The summed E-state index contributed by atoms with van der Waals surface area (Å²) in [6, 6.07) is 13.1. The van der Waals surface area contributed by atoms with Gasteiger partial charge in [-0.2, -0.15) is 0 Å². The fraction of sp³-hybridized carbons (Fsp3) is 0.118. The number of hydrogen-bond acceptors (Lipinski definition) is 3. The summed E-state index contributed by atoms with van der Waals surface area (Å²) in [5.41, 5.74) is 3.29. The Morgan fingerprint density at radius 3 is 2.71 bits per heavy atom. The Morgan fingerprint density at radius 1 is 1.21 bits per heavy atom. The summed E-state index contributed by atoms with van der Waals surface area (Å²) in [6.07, 6.45) is 0. The largest absolute Gasteiger partial charge is 0.319 e. The highest BCUT2D eigenvalue weighted by Crippen LogP contribution is 2.24. The molecule has 0 fully saturated rings. The highest BCUT2D eigenvalue weighted by Gasteiger charge is 2.18. The van der Waals surface area contributed by atoms with Gasteiger partial charge in [-0.3, -0.25) is 4.79 Å². The molecular formula is C17H14BrClN4O. The molecule has 0 radical (unpaired) electrons. The van der Waals surface area contributed by atoms with Gasteiger partial charge in [-0.05, 0) is 49.7 Å². The average molecular weight is 406 g/mol. The van der Waals surface area contributed by atoms with E-state index in [4.69, 9.17) is 11.6 Å². The number of aromatic nitrogens is 3. The van der Waals surface area contributed by atoms with Crippen LogP contribution in [0.3, 0.4) is 0 Å². The molecule has 0 unspecified atom stereocenters. The van der Waals surface area contributed by atoms with Gasteiger partial charge in [-0.25, -0.2) is 4.68 Å². The number of nitrogens with one attached hydrogen (secondary N) is 1. The first-order valence-electron chi connectivity index (χ1n) is 7.21. The van der Waals surface area contributed by atoms with E-state index in [1.54, 1.807) is 23.7 Å². The van der Waals surface area contributed by atoms with Crippen LogP contribution in [0.25, 0.3) is 5.69 Å². The van der Waals surface area contributed by atoms with E-state index >= 15 is 0 Å². The average Bonchev–Trinajstić information content (AvgIpc) is 2.92. The van der Waals surface area contributed by atoms with Crippen molar-refractivity contribution in [3.8, 4) is 5.69 Å². The third-order valence-electron chi connectivity index (χ3n) is 3.54. The smallest absolute Gasteiger partial charge is 0.278 e. The number of amides is 1. The predicted octanol–water partition coefficient (Wildman–Crippen LogP) is 4.55. The summed E-state index contributed by atoms with van der Waals surface area (Å²) in [5.74, 6) is -0.348. The lowest BCUT2D eigenvalue weighted by molar-refractivity contribution is 0.102. The Hall–Kier alpha value is -2.18. The van der Waals surface area contributed by atoms with Gasteiger partial charge in [0.2, 0.25) is 0 Å². The summed E-state index contributed by atoms with van der Waals surface area (Å²) < 4.78 is 2.54. The predicted molar refractivity (Wildman–Crippen MR) is 97.9 cm³/mol.